The van der Waals surface area contributed by atoms with Gasteiger partial charge in [0.15, 0.2) is 5.82 Å². The van der Waals surface area contributed by atoms with E-state index in [2.05, 4.69) is 151 Å². The summed E-state index contributed by atoms with van der Waals surface area (Å²) < 4.78 is 0. The number of hydrogen-bond donors (Lipinski definition) is 0. The molecule has 1 aliphatic carbocycles. The first-order chi connectivity index (χ1) is 22.8. The van der Waals surface area contributed by atoms with Gasteiger partial charge in [-0.2, -0.15) is 0 Å². The number of nitrogens with zero attached hydrogens (tertiary/aromatic N) is 3. The molecule has 218 valence electrons. The molecule has 2 aromatic heterocycles. The molecule has 0 atom stereocenters. The molecule has 7 aromatic rings. The first kappa shape index (κ1) is 27.6. The van der Waals surface area contributed by atoms with Crippen molar-refractivity contribution in [1.82, 2.24) is 15.0 Å². The van der Waals surface area contributed by atoms with Crippen molar-refractivity contribution in [3.05, 3.63) is 170 Å². The molecule has 0 saturated heterocycles. The molecule has 46 heavy (non-hydrogen) atoms. The molecule has 0 aliphatic heterocycles. The summed E-state index contributed by atoms with van der Waals surface area (Å²) in [6.07, 6.45) is 12.4. The second kappa shape index (κ2) is 12.2. The third-order valence-electron chi connectivity index (χ3n) is 8.71. The Kier molecular flexibility index (Phi) is 7.33. The van der Waals surface area contributed by atoms with Gasteiger partial charge in [-0.15, -0.1) is 0 Å². The zero-order valence-electron chi connectivity index (χ0n) is 25.3. The Bertz CT molecular complexity index is 2210. The molecular formula is C43H31N3. The number of aromatic nitrogens is 3. The lowest BCUT2D eigenvalue weighted by molar-refractivity contribution is 1.05. The highest BCUT2D eigenvalue weighted by Gasteiger charge is 2.13. The molecule has 0 unspecified atom stereocenters. The average molecular weight is 590 g/mol. The molecule has 1 aliphatic rings. The zero-order chi connectivity index (χ0) is 30.7. The van der Waals surface area contributed by atoms with Crippen LogP contribution < -0.4 is 0 Å². The van der Waals surface area contributed by atoms with E-state index in [1.165, 1.54) is 33.0 Å². The minimum atomic E-state index is 0.706. The number of hydrogen-bond acceptors (Lipinski definition) is 3. The summed E-state index contributed by atoms with van der Waals surface area (Å²) in [6.45, 7) is 0. The molecule has 3 heteroatoms. The first-order valence-electron chi connectivity index (χ1n) is 15.7. The SMILES string of the molecule is C1=CCCC(c2ccc(-c3cc(-c4ccc(-c5cccnc5)cc4)nc(-c4ccc(-c5cccc6ccccc56)cc4)n3)cc2)=C1. The summed E-state index contributed by atoms with van der Waals surface area (Å²) in [7, 11) is 0. The van der Waals surface area contributed by atoms with Crippen LogP contribution in [0.4, 0.5) is 0 Å². The predicted octanol–water partition coefficient (Wildman–Crippen LogP) is 11.1. The maximum atomic E-state index is 5.11. The Morgan fingerprint density at radius 3 is 1.85 bits per heavy atom. The fraction of sp³-hybridized carbons (Fsp3) is 0.0465. The number of benzene rings is 5. The second-order valence-electron chi connectivity index (χ2n) is 11.6. The molecule has 0 amide bonds. The van der Waals surface area contributed by atoms with Crippen LogP contribution in [-0.4, -0.2) is 15.0 Å². The van der Waals surface area contributed by atoms with Crippen molar-refractivity contribution in [2.24, 2.45) is 0 Å². The van der Waals surface area contributed by atoms with E-state index in [1.54, 1.807) is 6.20 Å². The van der Waals surface area contributed by atoms with Crippen LogP contribution >= 0.6 is 0 Å². The van der Waals surface area contributed by atoms with E-state index < -0.39 is 0 Å². The smallest absolute Gasteiger partial charge is 0.160 e. The number of rotatable bonds is 6. The molecule has 0 spiro atoms. The standard InChI is InChI=1S/C43H31N3/c1-2-8-30(9-3-1)31-15-21-35(22-16-31)41-28-42(36-23-17-32(18-24-36)38-12-7-27-44-29-38)46-43(45-41)37-25-19-34(20-26-37)40-14-6-11-33-10-4-5-13-39(33)40/h1-2,4-8,10-29H,3,9H2. The Hall–Kier alpha value is -5.93. The van der Waals surface area contributed by atoms with Gasteiger partial charge in [0.1, 0.15) is 0 Å². The first-order valence-corrected chi connectivity index (χ1v) is 15.7. The van der Waals surface area contributed by atoms with Crippen LogP contribution in [0, 0.1) is 0 Å². The van der Waals surface area contributed by atoms with Gasteiger partial charge in [-0.05, 0) is 69.1 Å². The number of pyridine rings is 1. The number of allylic oxidation sites excluding steroid dienone is 4. The lowest BCUT2D eigenvalue weighted by atomic mass is 9.96. The van der Waals surface area contributed by atoms with Crippen LogP contribution in [0.15, 0.2) is 164 Å². The van der Waals surface area contributed by atoms with Crippen LogP contribution in [0.1, 0.15) is 18.4 Å². The van der Waals surface area contributed by atoms with E-state index in [1.807, 2.05) is 12.3 Å². The van der Waals surface area contributed by atoms with Gasteiger partial charge in [0, 0.05) is 29.1 Å². The highest BCUT2D eigenvalue weighted by atomic mass is 14.9. The fourth-order valence-corrected chi connectivity index (χ4v) is 6.21. The van der Waals surface area contributed by atoms with Crippen LogP contribution in [-0.2, 0) is 0 Å². The summed E-state index contributed by atoms with van der Waals surface area (Å²) in [5, 5.41) is 2.48. The van der Waals surface area contributed by atoms with Gasteiger partial charge < -0.3 is 0 Å². The lowest BCUT2D eigenvalue weighted by Crippen LogP contribution is -1.96. The van der Waals surface area contributed by atoms with Crippen LogP contribution in [0.3, 0.4) is 0 Å². The van der Waals surface area contributed by atoms with Gasteiger partial charge in [-0.1, -0.05) is 140 Å². The van der Waals surface area contributed by atoms with Crippen molar-refractivity contribution in [3.8, 4) is 56.2 Å². The highest BCUT2D eigenvalue weighted by molar-refractivity contribution is 5.96. The molecular weight excluding hydrogens is 558 g/mol. The molecule has 0 saturated carbocycles. The Labute approximate surface area is 269 Å². The van der Waals surface area contributed by atoms with E-state index in [0.717, 1.165) is 52.0 Å². The fourth-order valence-electron chi connectivity index (χ4n) is 6.21. The van der Waals surface area contributed by atoms with Gasteiger partial charge in [-0.3, -0.25) is 4.98 Å². The molecule has 0 radical (unpaired) electrons. The molecule has 0 bridgehead atoms. The van der Waals surface area contributed by atoms with Crippen molar-refractivity contribution >= 4 is 16.3 Å². The van der Waals surface area contributed by atoms with Crippen LogP contribution in [0.2, 0.25) is 0 Å². The van der Waals surface area contributed by atoms with E-state index in [9.17, 15) is 0 Å². The Morgan fingerprint density at radius 1 is 0.500 bits per heavy atom. The van der Waals surface area contributed by atoms with E-state index >= 15 is 0 Å². The van der Waals surface area contributed by atoms with Crippen LogP contribution in [0.25, 0.3) is 72.5 Å². The molecule has 2 heterocycles. The zero-order valence-corrected chi connectivity index (χ0v) is 25.3. The van der Waals surface area contributed by atoms with Gasteiger partial charge >= 0.3 is 0 Å². The maximum Gasteiger partial charge on any atom is 0.160 e. The average Bonchev–Trinajstić information content (AvgIpc) is 3.15. The quantitative estimate of drug-likeness (QED) is 0.194. The topological polar surface area (TPSA) is 38.7 Å². The van der Waals surface area contributed by atoms with Gasteiger partial charge in [0.2, 0.25) is 0 Å². The van der Waals surface area contributed by atoms with Crippen molar-refractivity contribution in [2.75, 3.05) is 0 Å². The van der Waals surface area contributed by atoms with E-state index in [4.69, 9.17) is 9.97 Å². The summed E-state index contributed by atoms with van der Waals surface area (Å²) in [5.74, 6) is 0.706. The van der Waals surface area contributed by atoms with Crippen molar-refractivity contribution in [1.29, 1.82) is 0 Å². The molecule has 3 nitrogen and oxygen atoms in total. The van der Waals surface area contributed by atoms with E-state index in [-0.39, 0.29) is 0 Å². The Balaban J connectivity index is 1.19. The monoisotopic (exact) mass is 589 g/mol. The third kappa shape index (κ3) is 5.55. The summed E-state index contributed by atoms with van der Waals surface area (Å²) in [4.78, 5) is 14.5. The molecule has 5 aromatic carbocycles. The molecule has 0 fully saturated rings. The largest absolute Gasteiger partial charge is 0.264 e. The summed E-state index contributed by atoms with van der Waals surface area (Å²) >= 11 is 0. The maximum absolute atomic E-state index is 5.11. The van der Waals surface area contributed by atoms with Crippen molar-refractivity contribution in [3.63, 3.8) is 0 Å². The summed E-state index contributed by atoms with van der Waals surface area (Å²) in [5.41, 5.74) is 12.1. The van der Waals surface area contributed by atoms with Gasteiger partial charge in [-0.25, -0.2) is 9.97 Å². The summed E-state index contributed by atoms with van der Waals surface area (Å²) in [6, 6.07) is 47.1. The predicted molar refractivity (Wildman–Crippen MR) is 191 cm³/mol. The molecule has 8 rings (SSSR count). The Morgan fingerprint density at radius 2 is 1.15 bits per heavy atom. The molecule has 0 N–H and O–H groups in total. The minimum Gasteiger partial charge on any atom is -0.264 e. The highest BCUT2D eigenvalue weighted by Crippen LogP contribution is 2.33. The van der Waals surface area contributed by atoms with Gasteiger partial charge in [0.05, 0.1) is 11.4 Å². The minimum absolute atomic E-state index is 0.706. The third-order valence-corrected chi connectivity index (χ3v) is 8.71. The normalized spacial score (nSPS) is 12.7. The second-order valence-corrected chi connectivity index (χ2v) is 11.6. The van der Waals surface area contributed by atoms with Crippen molar-refractivity contribution in [2.45, 2.75) is 12.8 Å². The van der Waals surface area contributed by atoms with Crippen molar-refractivity contribution < 1.29 is 0 Å². The number of fused-ring (bicyclic) bond motifs is 1. The lowest BCUT2D eigenvalue weighted by Gasteiger charge is -2.12. The van der Waals surface area contributed by atoms with Crippen LogP contribution in [0.5, 0.6) is 0 Å². The van der Waals surface area contributed by atoms with E-state index in [0.29, 0.717) is 5.82 Å². The van der Waals surface area contributed by atoms with Gasteiger partial charge in [0.25, 0.3) is 0 Å².